The van der Waals surface area contributed by atoms with Crippen molar-refractivity contribution < 1.29 is 4.74 Å². The van der Waals surface area contributed by atoms with Gasteiger partial charge in [0.25, 0.3) is 0 Å². The zero-order valence-electron chi connectivity index (χ0n) is 13.0. The summed E-state index contributed by atoms with van der Waals surface area (Å²) in [6.45, 7) is 3.99. The monoisotopic (exact) mass is 288 g/mol. The molecule has 1 aliphatic heterocycles. The molecule has 0 aromatic carbocycles. The Morgan fingerprint density at radius 3 is 3.10 bits per heavy atom. The van der Waals surface area contributed by atoms with Gasteiger partial charge in [0.1, 0.15) is 5.82 Å². The summed E-state index contributed by atoms with van der Waals surface area (Å²) in [5.74, 6) is 1.10. The lowest BCUT2D eigenvalue weighted by Gasteiger charge is -2.28. The van der Waals surface area contributed by atoms with Crippen molar-refractivity contribution in [1.82, 2.24) is 14.6 Å². The van der Waals surface area contributed by atoms with Gasteiger partial charge in [-0.3, -0.25) is 0 Å². The van der Waals surface area contributed by atoms with Gasteiger partial charge >= 0.3 is 0 Å². The molecule has 21 heavy (non-hydrogen) atoms. The van der Waals surface area contributed by atoms with Gasteiger partial charge in [0.05, 0.1) is 12.3 Å². The number of fused-ring (bicyclic) bond motifs is 1. The van der Waals surface area contributed by atoms with Crippen LogP contribution < -0.4 is 4.90 Å². The molecule has 1 aliphatic rings. The first-order valence-corrected chi connectivity index (χ1v) is 7.94. The van der Waals surface area contributed by atoms with Crippen molar-refractivity contribution in [3.63, 3.8) is 0 Å². The van der Waals surface area contributed by atoms with E-state index in [2.05, 4.69) is 35.0 Å². The fourth-order valence-electron chi connectivity index (χ4n) is 2.95. The lowest BCUT2D eigenvalue weighted by Crippen LogP contribution is -2.34. The standard InChI is InChI=1S/C16H24N4O/c1-3-6-13-11-16(20-15(18-13)8-9-17-20)19(2)12-14-7-4-5-10-21-14/h8-9,11,14H,3-7,10,12H2,1-2H3/t14-/m0/s1. The predicted octanol–water partition coefficient (Wildman–Crippen LogP) is 2.69. The van der Waals surface area contributed by atoms with E-state index in [4.69, 9.17) is 4.74 Å². The molecule has 1 fully saturated rings. The van der Waals surface area contributed by atoms with Crippen molar-refractivity contribution in [1.29, 1.82) is 0 Å². The number of aryl methyl sites for hydroxylation is 1. The molecule has 2 aromatic heterocycles. The molecule has 0 radical (unpaired) electrons. The van der Waals surface area contributed by atoms with Crippen LogP contribution in [0.1, 0.15) is 38.3 Å². The highest BCUT2D eigenvalue weighted by molar-refractivity contribution is 5.50. The van der Waals surface area contributed by atoms with Gasteiger partial charge in [-0.05, 0) is 25.7 Å². The van der Waals surface area contributed by atoms with Crippen molar-refractivity contribution in [3.8, 4) is 0 Å². The third-order valence-corrected chi connectivity index (χ3v) is 4.04. The average molecular weight is 288 g/mol. The van der Waals surface area contributed by atoms with E-state index >= 15 is 0 Å². The molecular weight excluding hydrogens is 264 g/mol. The Bertz CT molecular complexity index is 589. The Hall–Kier alpha value is -1.62. The van der Waals surface area contributed by atoms with Gasteiger partial charge in [0.15, 0.2) is 5.65 Å². The second-order valence-electron chi connectivity index (χ2n) is 5.83. The molecule has 5 heteroatoms. The van der Waals surface area contributed by atoms with Gasteiger partial charge in [0.2, 0.25) is 0 Å². The third-order valence-electron chi connectivity index (χ3n) is 4.04. The lowest BCUT2D eigenvalue weighted by atomic mass is 10.1. The van der Waals surface area contributed by atoms with E-state index in [1.54, 1.807) is 0 Å². The highest BCUT2D eigenvalue weighted by atomic mass is 16.5. The first kappa shape index (κ1) is 14.3. The second-order valence-corrected chi connectivity index (χ2v) is 5.83. The molecule has 0 spiro atoms. The maximum atomic E-state index is 5.85. The van der Waals surface area contributed by atoms with Crippen LogP contribution in [0.25, 0.3) is 5.65 Å². The van der Waals surface area contributed by atoms with Crippen LogP contribution in [0.5, 0.6) is 0 Å². The van der Waals surface area contributed by atoms with E-state index in [-0.39, 0.29) is 0 Å². The van der Waals surface area contributed by atoms with Crippen molar-refractivity contribution in [2.45, 2.75) is 45.1 Å². The number of hydrogen-bond donors (Lipinski definition) is 0. The van der Waals surface area contributed by atoms with Crippen LogP contribution in [0.2, 0.25) is 0 Å². The summed E-state index contributed by atoms with van der Waals surface area (Å²) in [4.78, 5) is 6.90. The molecule has 1 saturated heterocycles. The van der Waals surface area contributed by atoms with Gasteiger partial charge in [-0.25, -0.2) is 4.98 Å². The van der Waals surface area contributed by atoms with Crippen LogP contribution in [0.15, 0.2) is 18.3 Å². The number of ether oxygens (including phenoxy) is 1. The number of hydrogen-bond acceptors (Lipinski definition) is 4. The van der Waals surface area contributed by atoms with E-state index in [1.165, 1.54) is 12.8 Å². The van der Waals surface area contributed by atoms with Crippen LogP contribution >= 0.6 is 0 Å². The Morgan fingerprint density at radius 1 is 1.43 bits per heavy atom. The first-order chi connectivity index (χ1) is 10.3. The molecule has 5 nitrogen and oxygen atoms in total. The minimum atomic E-state index is 0.331. The summed E-state index contributed by atoms with van der Waals surface area (Å²) in [5.41, 5.74) is 2.06. The molecule has 0 amide bonds. The second kappa shape index (κ2) is 6.43. The number of nitrogens with zero attached hydrogens (tertiary/aromatic N) is 4. The minimum Gasteiger partial charge on any atom is -0.376 e. The first-order valence-electron chi connectivity index (χ1n) is 7.94. The SMILES string of the molecule is CCCc1cc(N(C)C[C@@H]2CCCCO2)n2nccc2n1. The van der Waals surface area contributed by atoms with Crippen LogP contribution in [0, 0.1) is 0 Å². The zero-order valence-corrected chi connectivity index (χ0v) is 13.0. The molecule has 0 bridgehead atoms. The van der Waals surface area contributed by atoms with Crippen LogP contribution in [0.3, 0.4) is 0 Å². The number of aromatic nitrogens is 3. The molecule has 1 atom stereocenters. The Morgan fingerprint density at radius 2 is 2.33 bits per heavy atom. The number of likely N-dealkylation sites (N-methyl/N-ethyl adjacent to an activating group) is 1. The number of rotatable bonds is 5. The van der Waals surface area contributed by atoms with Crippen molar-refractivity contribution in [2.24, 2.45) is 0 Å². The summed E-state index contributed by atoms with van der Waals surface area (Å²) >= 11 is 0. The van der Waals surface area contributed by atoms with E-state index in [0.717, 1.165) is 49.6 Å². The molecular formula is C16H24N4O. The maximum absolute atomic E-state index is 5.85. The van der Waals surface area contributed by atoms with Crippen molar-refractivity contribution in [3.05, 3.63) is 24.0 Å². The maximum Gasteiger partial charge on any atom is 0.157 e. The molecule has 0 N–H and O–H groups in total. The lowest BCUT2D eigenvalue weighted by molar-refractivity contribution is 0.0215. The zero-order chi connectivity index (χ0) is 14.7. The van der Waals surface area contributed by atoms with E-state index in [0.29, 0.717) is 6.10 Å². The quantitative estimate of drug-likeness (QED) is 0.848. The fraction of sp³-hybridized carbons (Fsp3) is 0.625. The van der Waals surface area contributed by atoms with Gasteiger partial charge in [-0.1, -0.05) is 13.3 Å². The van der Waals surface area contributed by atoms with Crippen LogP contribution in [0.4, 0.5) is 5.82 Å². The van der Waals surface area contributed by atoms with Crippen molar-refractivity contribution in [2.75, 3.05) is 25.1 Å². The van der Waals surface area contributed by atoms with Gasteiger partial charge in [-0.15, -0.1) is 0 Å². The largest absolute Gasteiger partial charge is 0.376 e. The summed E-state index contributed by atoms with van der Waals surface area (Å²) in [6, 6.07) is 4.12. The normalized spacial score (nSPS) is 19.0. The molecule has 114 valence electrons. The molecule has 0 aliphatic carbocycles. The molecule has 2 aromatic rings. The topological polar surface area (TPSA) is 42.7 Å². The molecule has 3 heterocycles. The molecule has 0 saturated carbocycles. The minimum absolute atomic E-state index is 0.331. The molecule has 0 unspecified atom stereocenters. The van der Waals surface area contributed by atoms with Crippen molar-refractivity contribution >= 4 is 11.5 Å². The van der Waals surface area contributed by atoms with Gasteiger partial charge in [-0.2, -0.15) is 9.61 Å². The Balaban J connectivity index is 1.84. The van der Waals surface area contributed by atoms with Gasteiger partial charge in [0, 0.05) is 38.0 Å². The van der Waals surface area contributed by atoms with Crippen LogP contribution in [-0.2, 0) is 11.2 Å². The Labute approximate surface area is 125 Å². The Kier molecular flexibility index (Phi) is 4.39. The smallest absolute Gasteiger partial charge is 0.157 e. The highest BCUT2D eigenvalue weighted by Gasteiger charge is 2.18. The summed E-state index contributed by atoms with van der Waals surface area (Å²) in [6.07, 6.45) is 7.87. The van der Waals surface area contributed by atoms with E-state index in [1.807, 2.05) is 16.8 Å². The summed E-state index contributed by atoms with van der Waals surface area (Å²) in [5, 5.41) is 4.41. The average Bonchev–Trinajstić information content (AvgIpc) is 2.96. The molecule has 3 rings (SSSR count). The summed E-state index contributed by atoms with van der Waals surface area (Å²) in [7, 11) is 2.12. The fourth-order valence-corrected chi connectivity index (χ4v) is 2.95. The predicted molar refractivity (Wildman–Crippen MR) is 83.8 cm³/mol. The number of anilines is 1. The van der Waals surface area contributed by atoms with E-state index in [9.17, 15) is 0 Å². The van der Waals surface area contributed by atoms with E-state index < -0.39 is 0 Å². The highest BCUT2D eigenvalue weighted by Crippen LogP contribution is 2.20. The van der Waals surface area contributed by atoms with Crippen LogP contribution in [-0.4, -0.2) is 40.9 Å². The van der Waals surface area contributed by atoms with Gasteiger partial charge < -0.3 is 9.64 Å². The summed E-state index contributed by atoms with van der Waals surface area (Å²) < 4.78 is 7.77. The third kappa shape index (κ3) is 3.18.